The first-order valence-corrected chi connectivity index (χ1v) is 11.8. The minimum atomic E-state index is -0.196. The van der Waals surface area contributed by atoms with Crippen molar-refractivity contribution < 1.29 is 4.79 Å². The number of aromatic nitrogens is 2. The summed E-state index contributed by atoms with van der Waals surface area (Å²) in [5, 5.41) is 4.17. The molecule has 0 atom stereocenters. The molecule has 5 nitrogen and oxygen atoms in total. The molecule has 1 aliphatic rings. The molecule has 0 aliphatic heterocycles. The summed E-state index contributed by atoms with van der Waals surface area (Å²) in [6.07, 6.45) is 5.09. The Balaban J connectivity index is 1.59. The average Bonchev–Trinajstić information content (AvgIpc) is 3.30. The first-order valence-electron chi connectivity index (χ1n) is 9.95. The van der Waals surface area contributed by atoms with Gasteiger partial charge in [-0.25, -0.2) is 4.98 Å². The van der Waals surface area contributed by atoms with Crippen LogP contribution in [0.2, 0.25) is 0 Å². The van der Waals surface area contributed by atoms with Crippen LogP contribution in [0.4, 0.5) is 5.69 Å². The van der Waals surface area contributed by atoms with E-state index in [0.29, 0.717) is 37.5 Å². The number of rotatable bonds is 5. The van der Waals surface area contributed by atoms with Crippen LogP contribution in [0.25, 0.3) is 10.2 Å². The SMILES string of the molecule is Cc1ccc(NC(=O)c2sc3nc(CSC4CCCC4)[nH]c(=O)c3c2C)c(C)c1. The van der Waals surface area contributed by atoms with E-state index in [2.05, 4.69) is 15.3 Å². The number of nitrogens with one attached hydrogen (secondary N) is 2. The van der Waals surface area contributed by atoms with E-state index in [1.807, 2.05) is 50.7 Å². The van der Waals surface area contributed by atoms with Crippen molar-refractivity contribution in [3.05, 3.63) is 55.9 Å². The third kappa shape index (κ3) is 4.26. The zero-order valence-corrected chi connectivity index (χ0v) is 18.6. The zero-order valence-electron chi connectivity index (χ0n) is 16.9. The molecule has 1 saturated carbocycles. The molecule has 0 spiro atoms. The van der Waals surface area contributed by atoms with Gasteiger partial charge in [0.15, 0.2) is 0 Å². The monoisotopic (exact) mass is 427 g/mol. The summed E-state index contributed by atoms with van der Waals surface area (Å²) in [5.41, 5.74) is 3.48. The van der Waals surface area contributed by atoms with Crippen molar-refractivity contribution in [3.63, 3.8) is 0 Å². The van der Waals surface area contributed by atoms with Crippen LogP contribution in [0, 0.1) is 20.8 Å². The summed E-state index contributed by atoms with van der Waals surface area (Å²) >= 11 is 3.16. The van der Waals surface area contributed by atoms with Gasteiger partial charge in [-0.15, -0.1) is 11.3 Å². The summed E-state index contributed by atoms with van der Waals surface area (Å²) in [7, 11) is 0. The van der Waals surface area contributed by atoms with Crippen LogP contribution in [-0.2, 0) is 5.75 Å². The predicted molar refractivity (Wildman–Crippen MR) is 122 cm³/mol. The molecule has 0 saturated heterocycles. The van der Waals surface area contributed by atoms with Gasteiger partial charge in [-0.3, -0.25) is 9.59 Å². The molecule has 1 aliphatic carbocycles. The summed E-state index contributed by atoms with van der Waals surface area (Å²) in [6, 6.07) is 5.92. The lowest BCUT2D eigenvalue weighted by Gasteiger charge is -2.08. The number of carbonyl (C=O) groups excluding carboxylic acids is 1. The van der Waals surface area contributed by atoms with Crippen molar-refractivity contribution >= 4 is 44.9 Å². The highest BCUT2D eigenvalue weighted by atomic mass is 32.2. The number of aryl methyl sites for hydroxylation is 3. The molecule has 29 heavy (non-hydrogen) atoms. The zero-order chi connectivity index (χ0) is 20.5. The summed E-state index contributed by atoms with van der Waals surface area (Å²) in [4.78, 5) is 34.3. The van der Waals surface area contributed by atoms with Crippen LogP contribution in [0.3, 0.4) is 0 Å². The van der Waals surface area contributed by atoms with Crippen molar-refractivity contribution in [1.82, 2.24) is 9.97 Å². The van der Waals surface area contributed by atoms with Crippen LogP contribution >= 0.6 is 23.1 Å². The lowest BCUT2D eigenvalue weighted by molar-refractivity contribution is 0.103. The van der Waals surface area contributed by atoms with E-state index in [4.69, 9.17) is 0 Å². The number of hydrogen-bond acceptors (Lipinski definition) is 5. The minimum absolute atomic E-state index is 0.156. The molecule has 2 heterocycles. The third-order valence-corrected chi connectivity index (χ3v) is 8.01. The number of nitrogens with zero attached hydrogens (tertiary/aromatic N) is 1. The van der Waals surface area contributed by atoms with Gasteiger partial charge in [0.2, 0.25) is 0 Å². The predicted octanol–water partition coefficient (Wildman–Crippen LogP) is 5.34. The molecule has 1 fully saturated rings. The molecular formula is C22H25N3O2S2. The second kappa shape index (κ2) is 8.32. The van der Waals surface area contributed by atoms with E-state index in [9.17, 15) is 9.59 Å². The maximum absolute atomic E-state index is 12.9. The number of aromatic amines is 1. The molecule has 1 aromatic carbocycles. The van der Waals surface area contributed by atoms with Gasteiger partial charge in [0, 0.05) is 10.9 Å². The fourth-order valence-electron chi connectivity index (χ4n) is 3.86. The molecule has 2 aromatic heterocycles. The largest absolute Gasteiger partial charge is 0.321 e. The van der Waals surface area contributed by atoms with E-state index < -0.39 is 0 Å². The number of thioether (sulfide) groups is 1. The third-order valence-electron chi connectivity index (χ3n) is 5.44. The Morgan fingerprint density at radius 3 is 2.76 bits per heavy atom. The maximum atomic E-state index is 12.9. The van der Waals surface area contributed by atoms with Crippen LogP contribution < -0.4 is 10.9 Å². The molecule has 0 bridgehead atoms. The van der Waals surface area contributed by atoms with Crippen LogP contribution in [0.1, 0.15) is 57.9 Å². The van der Waals surface area contributed by atoms with E-state index in [0.717, 1.165) is 16.8 Å². The normalized spacial score (nSPS) is 14.6. The highest BCUT2D eigenvalue weighted by Crippen LogP contribution is 2.32. The molecule has 152 valence electrons. The summed E-state index contributed by atoms with van der Waals surface area (Å²) in [5.74, 6) is 1.21. The molecule has 3 aromatic rings. The van der Waals surface area contributed by atoms with Gasteiger partial charge >= 0.3 is 0 Å². The van der Waals surface area contributed by atoms with Crippen molar-refractivity contribution in [2.45, 2.75) is 57.5 Å². The lowest BCUT2D eigenvalue weighted by atomic mass is 10.1. The first-order chi connectivity index (χ1) is 13.9. The van der Waals surface area contributed by atoms with E-state index >= 15 is 0 Å². The molecule has 2 N–H and O–H groups in total. The topological polar surface area (TPSA) is 74.8 Å². The number of thiophene rings is 1. The highest BCUT2D eigenvalue weighted by molar-refractivity contribution is 7.99. The van der Waals surface area contributed by atoms with Crippen molar-refractivity contribution in [2.24, 2.45) is 0 Å². The quantitative estimate of drug-likeness (QED) is 0.576. The van der Waals surface area contributed by atoms with Gasteiger partial charge in [0.1, 0.15) is 10.7 Å². The van der Waals surface area contributed by atoms with Crippen LogP contribution in [0.5, 0.6) is 0 Å². The Bertz CT molecular complexity index is 1130. The Morgan fingerprint density at radius 1 is 1.28 bits per heavy atom. The van der Waals surface area contributed by atoms with E-state index in [1.54, 1.807) is 0 Å². The summed E-state index contributed by atoms with van der Waals surface area (Å²) < 4.78 is 0. The number of H-pyrrole nitrogens is 1. The Labute approximate surface area is 178 Å². The van der Waals surface area contributed by atoms with Gasteiger partial charge in [0.05, 0.1) is 16.0 Å². The van der Waals surface area contributed by atoms with Crippen molar-refractivity contribution in [3.8, 4) is 0 Å². The van der Waals surface area contributed by atoms with Gasteiger partial charge < -0.3 is 10.3 Å². The molecule has 0 unspecified atom stereocenters. The van der Waals surface area contributed by atoms with Gasteiger partial charge in [-0.05, 0) is 50.8 Å². The Hall–Kier alpha value is -2.12. The van der Waals surface area contributed by atoms with E-state index in [-0.39, 0.29) is 11.5 Å². The minimum Gasteiger partial charge on any atom is -0.321 e. The second-order valence-electron chi connectivity index (χ2n) is 7.74. The maximum Gasteiger partial charge on any atom is 0.266 e. The highest BCUT2D eigenvalue weighted by Gasteiger charge is 2.21. The Kier molecular flexibility index (Phi) is 5.79. The molecule has 0 radical (unpaired) electrons. The number of amides is 1. The van der Waals surface area contributed by atoms with Gasteiger partial charge in [-0.2, -0.15) is 11.8 Å². The average molecular weight is 428 g/mol. The van der Waals surface area contributed by atoms with Crippen molar-refractivity contribution in [2.75, 3.05) is 5.32 Å². The fourth-order valence-corrected chi connectivity index (χ4v) is 6.15. The molecule has 1 amide bonds. The smallest absolute Gasteiger partial charge is 0.266 e. The second-order valence-corrected chi connectivity index (χ2v) is 10.0. The first kappa shape index (κ1) is 20.2. The summed E-state index contributed by atoms with van der Waals surface area (Å²) in [6.45, 7) is 5.82. The number of carbonyl (C=O) groups is 1. The lowest BCUT2D eigenvalue weighted by Crippen LogP contribution is -2.14. The number of hydrogen-bond donors (Lipinski definition) is 2. The molecule has 7 heteroatoms. The fraction of sp³-hybridized carbons (Fsp3) is 0.409. The van der Waals surface area contributed by atoms with E-state index in [1.165, 1.54) is 37.0 Å². The van der Waals surface area contributed by atoms with Gasteiger partial charge in [-0.1, -0.05) is 30.5 Å². The standard InChI is InChI=1S/C22H25N3O2S2/c1-12-8-9-16(13(2)10-12)23-21(27)19-14(3)18-20(26)24-17(25-22(18)29-19)11-28-15-6-4-5-7-15/h8-10,15H,4-7,11H2,1-3H3,(H,23,27)(H,24,25,26). The van der Waals surface area contributed by atoms with Crippen LogP contribution in [0.15, 0.2) is 23.0 Å². The van der Waals surface area contributed by atoms with Crippen molar-refractivity contribution in [1.29, 1.82) is 0 Å². The number of anilines is 1. The Morgan fingerprint density at radius 2 is 2.03 bits per heavy atom. The molecule has 4 rings (SSSR count). The number of fused-ring (bicyclic) bond motifs is 1. The number of benzene rings is 1. The molecular weight excluding hydrogens is 402 g/mol. The van der Waals surface area contributed by atoms with Gasteiger partial charge in [0.25, 0.3) is 11.5 Å². The van der Waals surface area contributed by atoms with Crippen LogP contribution in [-0.4, -0.2) is 21.1 Å².